The van der Waals surface area contributed by atoms with Gasteiger partial charge in [-0.1, -0.05) is 158 Å². The second-order valence-corrected chi connectivity index (χ2v) is 12.7. The lowest BCUT2D eigenvalue weighted by molar-refractivity contribution is 0.669. The Balaban J connectivity index is 1.22. The minimum atomic E-state index is -0.377. The van der Waals surface area contributed by atoms with E-state index in [2.05, 4.69) is 54.6 Å². The summed E-state index contributed by atoms with van der Waals surface area (Å²) in [4.78, 5) is 0. The lowest BCUT2D eigenvalue weighted by Gasteiger charge is -2.18. The summed E-state index contributed by atoms with van der Waals surface area (Å²) in [6.45, 7) is 0. The van der Waals surface area contributed by atoms with Gasteiger partial charge in [0.15, 0.2) is 0 Å². The van der Waals surface area contributed by atoms with Crippen LogP contribution in [0.3, 0.4) is 0 Å². The molecule has 0 radical (unpaired) electrons. The molecule has 0 atom stereocenters. The molecule has 10 rings (SSSR count). The molecule has 1 aromatic heterocycles. The van der Waals surface area contributed by atoms with Crippen LogP contribution in [0, 0.1) is 0 Å². The van der Waals surface area contributed by atoms with Crippen LogP contribution in [-0.2, 0) is 6.42 Å². The fourth-order valence-corrected chi connectivity index (χ4v) is 7.58. The first-order valence-corrected chi connectivity index (χ1v) is 16.8. The van der Waals surface area contributed by atoms with E-state index in [1.54, 1.807) is 0 Å². The Bertz CT molecular complexity index is 3170. The normalized spacial score (nSPS) is 13.4. The Morgan fingerprint density at radius 3 is 1.74 bits per heavy atom. The Morgan fingerprint density at radius 2 is 1.02 bits per heavy atom. The van der Waals surface area contributed by atoms with Crippen molar-refractivity contribution < 1.29 is 12.6 Å². The molecule has 234 valence electrons. The Morgan fingerprint density at radius 1 is 0.400 bits per heavy atom. The van der Waals surface area contributed by atoms with E-state index in [9.17, 15) is 5.48 Å². The summed E-state index contributed by atoms with van der Waals surface area (Å²) in [5.74, 6) is 0. The van der Waals surface area contributed by atoms with Crippen LogP contribution in [0.25, 0.3) is 87.6 Å². The largest absolute Gasteiger partial charge is 0.456 e. The third kappa shape index (κ3) is 4.63. The minimum Gasteiger partial charge on any atom is -0.456 e. The maximum atomic E-state index is 9.61. The van der Waals surface area contributed by atoms with Crippen LogP contribution in [0.15, 0.2) is 186 Å². The van der Waals surface area contributed by atoms with Crippen LogP contribution < -0.4 is 0 Å². The lowest BCUT2D eigenvalue weighted by Crippen LogP contribution is -1.97. The van der Waals surface area contributed by atoms with E-state index >= 15 is 0 Å². The predicted molar refractivity (Wildman–Crippen MR) is 212 cm³/mol. The first-order chi connectivity index (χ1) is 27.3. The van der Waals surface area contributed by atoms with Gasteiger partial charge in [-0.15, -0.1) is 0 Å². The van der Waals surface area contributed by atoms with E-state index in [0.29, 0.717) is 27.9 Å². The van der Waals surface area contributed by atoms with Gasteiger partial charge in [0.1, 0.15) is 11.2 Å². The molecule has 1 heterocycles. The fourth-order valence-electron chi connectivity index (χ4n) is 7.58. The quantitative estimate of drug-likeness (QED) is 0.170. The van der Waals surface area contributed by atoms with Crippen molar-refractivity contribution in [1.82, 2.24) is 0 Å². The second-order valence-electron chi connectivity index (χ2n) is 12.7. The average Bonchev–Trinajstić information content (AvgIpc) is 3.61. The van der Waals surface area contributed by atoms with E-state index in [1.165, 1.54) is 0 Å². The fraction of sp³-hybridized carbons (Fsp3) is 0.0204. The van der Waals surface area contributed by atoms with Crippen LogP contribution in [0.1, 0.15) is 19.4 Å². The molecule has 0 N–H and O–H groups in total. The van der Waals surface area contributed by atoms with E-state index in [0.717, 1.165) is 60.1 Å². The van der Waals surface area contributed by atoms with Crippen molar-refractivity contribution in [3.8, 4) is 33.4 Å². The predicted octanol–water partition coefficient (Wildman–Crippen LogP) is 13.6. The van der Waals surface area contributed by atoms with E-state index in [1.807, 2.05) is 91.0 Å². The van der Waals surface area contributed by atoms with Crippen molar-refractivity contribution >= 4 is 54.3 Å². The molecule has 0 spiro atoms. The van der Waals surface area contributed by atoms with Crippen LogP contribution in [-0.4, -0.2) is 0 Å². The van der Waals surface area contributed by atoms with Gasteiger partial charge in [0.25, 0.3) is 0 Å². The topological polar surface area (TPSA) is 13.1 Å². The minimum absolute atomic E-state index is 0.0671. The summed E-state index contributed by atoms with van der Waals surface area (Å²) in [5, 5.41) is 6.27. The number of benzene rings is 9. The maximum absolute atomic E-state index is 9.61. The van der Waals surface area contributed by atoms with Crippen molar-refractivity contribution in [2.75, 3.05) is 0 Å². The summed E-state index contributed by atoms with van der Waals surface area (Å²) < 4.78 is 61.6. The Hall–Kier alpha value is -6.44. The van der Waals surface area contributed by atoms with Crippen molar-refractivity contribution in [3.63, 3.8) is 0 Å². The van der Waals surface area contributed by atoms with Gasteiger partial charge in [-0.2, -0.15) is 0 Å². The number of hydrogen-bond acceptors (Lipinski definition) is 1. The molecule has 50 heavy (non-hydrogen) atoms. The molecule has 0 fully saturated rings. The van der Waals surface area contributed by atoms with Gasteiger partial charge in [-0.05, 0) is 108 Å². The summed E-state index contributed by atoms with van der Waals surface area (Å²) in [6, 6.07) is 47.1. The zero-order valence-electron chi connectivity index (χ0n) is 33.0. The van der Waals surface area contributed by atoms with Crippen molar-refractivity contribution in [2.24, 2.45) is 0 Å². The van der Waals surface area contributed by atoms with Crippen molar-refractivity contribution in [1.29, 1.82) is 0 Å². The zero-order chi connectivity index (χ0) is 38.2. The van der Waals surface area contributed by atoms with Gasteiger partial charge in [0.05, 0.1) is 8.22 Å². The molecule has 10 aromatic rings. The van der Waals surface area contributed by atoms with Gasteiger partial charge >= 0.3 is 0 Å². The van der Waals surface area contributed by atoms with Crippen LogP contribution in [0.2, 0.25) is 0 Å². The molecule has 0 saturated heterocycles. The molecule has 1 nitrogen and oxygen atoms in total. The highest BCUT2D eigenvalue weighted by atomic mass is 16.3. The highest BCUT2D eigenvalue weighted by Gasteiger charge is 2.18. The van der Waals surface area contributed by atoms with Crippen molar-refractivity contribution in [2.45, 2.75) is 6.42 Å². The third-order valence-electron chi connectivity index (χ3n) is 9.90. The molecule has 9 aromatic carbocycles. The molecule has 0 saturated carbocycles. The van der Waals surface area contributed by atoms with Gasteiger partial charge in [-0.3, -0.25) is 0 Å². The van der Waals surface area contributed by atoms with Crippen LogP contribution in [0.4, 0.5) is 0 Å². The first kappa shape index (κ1) is 23.0. The Labute approximate surface area is 299 Å². The molecule has 0 aliphatic heterocycles. The molecule has 0 aliphatic rings. The number of hydrogen-bond donors (Lipinski definition) is 0. The summed E-state index contributed by atoms with van der Waals surface area (Å²) in [6.07, 6.45) is 0.189. The monoisotopic (exact) mass is 642 g/mol. The van der Waals surface area contributed by atoms with E-state index < -0.39 is 0 Å². The molecule has 1 heteroatoms. The molecular weight excluding hydrogens is 605 g/mol. The van der Waals surface area contributed by atoms with E-state index in [4.69, 9.17) is 7.16 Å². The van der Waals surface area contributed by atoms with Crippen molar-refractivity contribution in [3.05, 3.63) is 193 Å². The standard InChI is InChI=1S/C49H32O/c1-3-13-32(14-4-1)34-23-27-42-46-30-36(25-28-47(46)50-48(42)31-34)38-26-24-35(37-17-7-8-18-39(37)38)29-45-40-19-9-11-21-43(40)49(33-15-5-2-6-16-33)44-22-12-10-20-41(44)45/h1-28,30-31H,29H2/i7D,8D,17D,18D,24D,26D. The zero-order valence-corrected chi connectivity index (χ0v) is 27.0. The van der Waals surface area contributed by atoms with Crippen LogP contribution in [0.5, 0.6) is 0 Å². The summed E-state index contributed by atoms with van der Waals surface area (Å²) >= 11 is 0. The maximum Gasteiger partial charge on any atom is 0.136 e. The SMILES string of the molecule is [2H]c1c([2H])c([2H])c2c(-c3ccc4oc5cc(-c6ccccc6)ccc5c4c3)c([2H])c([2H])c(Cc3c4ccccc4c(-c4ccccc4)c4ccccc34)c2c1[2H]. The number of rotatable bonds is 5. The van der Waals surface area contributed by atoms with E-state index in [-0.39, 0.29) is 53.4 Å². The molecule has 0 bridgehead atoms. The second kappa shape index (κ2) is 11.6. The summed E-state index contributed by atoms with van der Waals surface area (Å²) in [5.41, 5.74) is 7.87. The number of furan rings is 1. The van der Waals surface area contributed by atoms with Crippen LogP contribution >= 0.6 is 0 Å². The molecule has 0 aliphatic carbocycles. The van der Waals surface area contributed by atoms with Gasteiger partial charge < -0.3 is 4.42 Å². The van der Waals surface area contributed by atoms with Gasteiger partial charge in [-0.25, -0.2) is 0 Å². The molecule has 0 amide bonds. The average molecular weight is 643 g/mol. The smallest absolute Gasteiger partial charge is 0.136 e. The molecule has 0 unspecified atom stereocenters. The van der Waals surface area contributed by atoms with Gasteiger partial charge in [0, 0.05) is 10.8 Å². The molecular formula is C49H32O. The lowest BCUT2D eigenvalue weighted by atomic mass is 9.85. The highest BCUT2D eigenvalue weighted by molar-refractivity contribution is 6.15. The summed E-state index contributed by atoms with van der Waals surface area (Å²) in [7, 11) is 0. The number of fused-ring (bicyclic) bond motifs is 6. The highest BCUT2D eigenvalue weighted by Crippen LogP contribution is 2.42. The Kier molecular flexibility index (Phi) is 5.34. The first-order valence-electron chi connectivity index (χ1n) is 19.8. The third-order valence-corrected chi connectivity index (χ3v) is 9.90. The van der Waals surface area contributed by atoms with Gasteiger partial charge in [0.2, 0.25) is 0 Å².